The topological polar surface area (TPSA) is 90.0 Å². The Hall–Kier alpha value is -3.08. The molecule has 0 saturated heterocycles. The number of para-hydroxylation sites is 1. The molecule has 0 fully saturated rings. The average molecular weight is 574 g/mol. The van der Waals surface area contributed by atoms with E-state index in [0.29, 0.717) is 29.1 Å². The Balaban J connectivity index is 1.79. The van der Waals surface area contributed by atoms with Gasteiger partial charge in [0.05, 0.1) is 12.5 Å². The normalized spacial score (nSPS) is 17.9. The number of hydrogen-bond acceptors (Lipinski definition) is 7. The number of aryl methyl sites for hydroxylation is 1. The summed E-state index contributed by atoms with van der Waals surface area (Å²) in [5.74, 6) is -1.28. The third-order valence-corrected chi connectivity index (χ3v) is 10.2. The smallest absolute Gasteiger partial charge is 0.293 e. The van der Waals surface area contributed by atoms with Crippen LogP contribution in [0.2, 0.25) is 0 Å². The Morgan fingerprint density at radius 3 is 2.62 bits per heavy atom. The van der Waals surface area contributed by atoms with Crippen molar-refractivity contribution in [1.82, 2.24) is 4.31 Å². The van der Waals surface area contributed by atoms with Crippen LogP contribution in [-0.2, 0) is 26.1 Å². The first-order valence-corrected chi connectivity index (χ1v) is 14.9. The summed E-state index contributed by atoms with van der Waals surface area (Å²) in [6.07, 6.45) is 0.305. The van der Waals surface area contributed by atoms with Gasteiger partial charge in [-0.25, -0.2) is 12.8 Å². The number of benzene rings is 2. The molecule has 39 heavy (non-hydrogen) atoms. The second-order valence-corrected chi connectivity index (χ2v) is 13.2. The van der Waals surface area contributed by atoms with Crippen molar-refractivity contribution in [2.75, 3.05) is 6.54 Å². The molecule has 4 rings (SSSR count). The highest BCUT2D eigenvalue weighted by atomic mass is 32.2. The van der Waals surface area contributed by atoms with E-state index >= 15 is 0 Å². The van der Waals surface area contributed by atoms with Crippen LogP contribution in [0.4, 0.5) is 4.39 Å². The van der Waals surface area contributed by atoms with Crippen molar-refractivity contribution in [3.05, 3.63) is 80.8 Å². The second kappa shape index (κ2) is 11.2. The van der Waals surface area contributed by atoms with Crippen LogP contribution in [0, 0.1) is 12.7 Å². The summed E-state index contributed by atoms with van der Waals surface area (Å²) in [7, 11) is -3.86. The zero-order chi connectivity index (χ0) is 28.5. The molecule has 0 spiro atoms. The van der Waals surface area contributed by atoms with Gasteiger partial charge in [-0.15, -0.1) is 11.3 Å². The number of carbonyl (C=O) groups excluding carboxylic acids is 2. The lowest BCUT2D eigenvalue weighted by atomic mass is 9.82. The summed E-state index contributed by atoms with van der Waals surface area (Å²) in [4.78, 5) is 24.0. The second-order valence-electron chi connectivity index (χ2n) is 10.2. The minimum Gasteiger partial charge on any atom is -0.488 e. The van der Waals surface area contributed by atoms with E-state index in [-0.39, 0.29) is 34.7 Å². The van der Waals surface area contributed by atoms with Crippen LogP contribution >= 0.6 is 11.3 Å². The molecule has 3 aromatic rings. The molecule has 2 atom stereocenters. The molecular weight excluding hydrogens is 541 g/mol. The fourth-order valence-corrected chi connectivity index (χ4v) is 7.71. The zero-order valence-corrected chi connectivity index (χ0v) is 24.2. The Bertz CT molecular complexity index is 1500. The van der Waals surface area contributed by atoms with Gasteiger partial charge in [0.25, 0.3) is 6.47 Å². The van der Waals surface area contributed by atoms with Gasteiger partial charge in [-0.1, -0.05) is 37.3 Å². The fourth-order valence-electron chi connectivity index (χ4n) is 4.90. The Morgan fingerprint density at radius 2 is 1.97 bits per heavy atom. The zero-order valence-electron chi connectivity index (χ0n) is 22.6. The lowest BCUT2D eigenvalue weighted by Crippen LogP contribution is -2.36. The molecule has 1 aliphatic heterocycles. The van der Waals surface area contributed by atoms with Gasteiger partial charge in [0.1, 0.15) is 33.0 Å². The summed E-state index contributed by atoms with van der Waals surface area (Å²) >= 11 is 1.02. The first-order valence-electron chi connectivity index (χ1n) is 12.7. The maximum absolute atomic E-state index is 14.7. The summed E-state index contributed by atoms with van der Waals surface area (Å²) in [5.41, 5.74) is 1.24. The Morgan fingerprint density at radius 1 is 1.26 bits per heavy atom. The number of ketones is 1. The molecule has 0 amide bonds. The predicted octanol–water partition coefficient (Wildman–Crippen LogP) is 5.84. The molecule has 2 heterocycles. The molecule has 0 saturated carbocycles. The van der Waals surface area contributed by atoms with Crippen molar-refractivity contribution in [3.8, 4) is 5.75 Å². The van der Waals surface area contributed by atoms with E-state index in [2.05, 4.69) is 0 Å². The number of fused-ring (bicyclic) bond motifs is 1. The molecule has 1 unspecified atom stereocenters. The standard InChI is InChI=1S/C29H32FNO6S2/c1-6-22-16-31(39(34,35)26-10-8-7-9-24(26)37-22)15-21-13-20(12-11-18(21)2)27(29(4,5)36-17-32)25-14-23(30)28(38-25)19(3)33/h7-14,17,22,27H,6,15-16H2,1-5H3/t22-,27?/m1/s1. The van der Waals surface area contributed by atoms with Crippen LogP contribution in [0.15, 0.2) is 53.4 Å². The van der Waals surface area contributed by atoms with Gasteiger partial charge in [-0.2, -0.15) is 4.31 Å². The van der Waals surface area contributed by atoms with Gasteiger partial charge in [0, 0.05) is 18.3 Å². The fraction of sp³-hybridized carbons (Fsp3) is 0.379. The van der Waals surface area contributed by atoms with Crippen molar-refractivity contribution >= 4 is 33.6 Å². The molecule has 1 aromatic heterocycles. The van der Waals surface area contributed by atoms with Crippen LogP contribution in [0.1, 0.15) is 71.3 Å². The van der Waals surface area contributed by atoms with Crippen molar-refractivity contribution in [1.29, 1.82) is 0 Å². The maximum Gasteiger partial charge on any atom is 0.293 e. The van der Waals surface area contributed by atoms with Gasteiger partial charge < -0.3 is 9.47 Å². The van der Waals surface area contributed by atoms with Gasteiger partial charge in [-0.3, -0.25) is 9.59 Å². The van der Waals surface area contributed by atoms with Gasteiger partial charge in [0.2, 0.25) is 10.0 Å². The summed E-state index contributed by atoms with van der Waals surface area (Å²) < 4.78 is 55.0. The van der Waals surface area contributed by atoms with Crippen molar-refractivity contribution < 1.29 is 31.9 Å². The number of carbonyl (C=O) groups is 2. The quantitative estimate of drug-likeness (QED) is 0.236. The number of sulfonamides is 1. The molecule has 208 valence electrons. The largest absolute Gasteiger partial charge is 0.488 e. The molecule has 7 nitrogen and oxygen atoms in total. The lowest BCUT2D eigenvalue weighted by Gasteiger charge is -2.33. The number of Topliss-reactive ketones (excluding diaryl/α,β-unsaturated/α-hetero) is 1. The third-order valence-electron chi connectivity index (χ3n) is 7.03. The molecular formula is C29H32FNO6S2. The maximum atomic E-state index is 14.7. The molecule has 0 aliphatic carbocycles. The number of halogens is 1. The molecule has 2 aromatic carbocycles. The predicted molar refractivity (Wildman–Crippen MR) is 147 cm³/mol. The van der Waals surface area contributed by atoms with E-state index in [1.54, 1.807) is 38.1 Å². The lowest BCUT2D eigenvalue weighted by molar-refractivity contribution is -0.141. The SMILES string of the molecule is CC[C@@H]1CN(Cc2cc(C(c3cc(F)c(C(C)=O)s3)C(C)(C)OC=O)ccc2C)S(=O)(=O)c2ccccc2O1. The minimum absolute atomic E-state index is 0.00386. The van der Waals surface area contributed by atoms with E-state index in [1.807, 2.05) is 32.0 Å². The number of ether oxygens (including phenoxy) is 2. The molecule has 0 N–H and O–H groups in total. The van der Waals surface area contributed by atoms with E-state index < -0.39 is 27.4 Å². The highest BCUT2D eigenvalue weighted by molar-refractivity contribution is 7.89. The number of rotatable bonds is 9. The molecule has 1 aliphatic rings. The van der Waals surface area contributed by atoms with Crippen LogP contribution in [0.3, 0.4) is 0 Å². The van der Waals surface area contributed by atoms with Crippen molar-refractivity contribution in [2.24, 2.45) is 0 Å². The molecule has 0 radical (unpaired) electrons. The molecule has 10 heteroatoms. The van der Waals surface area contributed by atoms with Crippen molar-refractivity contribution in [3.63, 3.8) is 0 Å². The van der Waals surface area contributed by atoms with Crippen LogP contribution in [-0.4, -0.2) is 43.2 Å². The van der Waals surface area contributed by atoms with E-state index in [0.717, 1.165) is 22.5 Å². The summed E-state index contributed by atoms with van der Waals surface area (Å²) in [6, 6.07) is 13.5. The van der Waals surface area contributed by atoms with E-state index in [4.69, 9.17) is 9.47 Å². The highest BCUT2D eigenvalue weighted by Gasteiger charge is 2.38. The van der Waals surface area contributed by atoms with E-state index in [1.165, 1.54) is 17.3 Å². The van der Waals surface area contributed by atoms with Crippen LogP contribution in [0.25, 0.3) is 0 Å². The minimum atomic E-state index is -3.86. The van der Waals surface area contributed by atoms with Gasteiger partial charge in [0.15, 0.2) is 5.78 Å². The van der Waals surface area contributed by atoms with Gasteiger partial charge >= 0.3 is 0 Å². The molecule has 0 bridgehead atoms. The van der Waals surface area contributed by atoms with E-state index in [9.17, 15) is 22.4 Å². The highest BCUT2D eigenvalue weighted by Crippen LogP contribution is 2.42. The first-order chi connectivity index (χ1) is 18.4. The Kier molecular flexibility index (Phi) is 8.30. The van der Waals surface area contributed by atoms with Crippen LogP contribution in [0.5, 0.6) is 5.75 Å². The number of hydrogen-bond donors (Lipinski definition) is 0. The first kappa shape index (κ1) is 28.9. The average Bonchev–Trinajstić information content (AvgIpc) is 3.21. The third kappa shape index (κ3) is 5.78. The summed E-state index contributed by atoms with van der Waals surface area (Å²) in [6.45, 7) is 9.21. The van der Waals surface area contributed by atoms with Gasteiger partial charge in [-0.05, 0) is 62.1 Å². The number of nitrogens with zero attached hydrogens (tertiary/aromatic N) is 1. The number of thiophene rings is 1. The monoisotopic (exact) mass is 573 g/mol. The summed E-state index contributed by atoms with van der Waals surface area (Å²) in [5, 5.41) is 0. The van der Waals surface area contributed by atoms with Crippen LogP contribution < -0.4 is 4.74 Å². The Labute approximate surface area is 232 Å². The van der Waals surface area contributed by atoms with Crippen molar-refractivity contribution in [2.45, 2.75) is 70.1 Å².